The Morgan fingerprint density at radius 3 is 2.00 bits per heavy atom. The van der Waals surface area contributed by atoms with Gasteiger partial charge in [0, 0.05) is 32.9 Å². The molecule has 0 radical (unpaired) electrons. The summed E-state index contributed by atoms with van der Waals surface area (Å²) in [5.41, 5.74) is -3.96. The van der Waals surface area contributed by atoms with E-state index in [1.807, 2.05) is 0 Å². The van der Waals surface area contributed by atoms with Crippen molar-refractivity contribution < 1.29 is 49.0 Å². The van der Waals surface area contributed by atoms with Crippen LogP contribution in [0.15, 0.2) is 36.4 Å². The fourth-order valence-corrected chi connectivity index (χ4v) is 5.01. The van der Waals surface area contributed by atoms with Crippen LogP contribution in [0, 0.1) is 5.92 Å². The van der Waals surface area contributed by atoms with Gasteiger partial charge in [-0.25, -0.2) is 0 Å². The third-order valence-electron chi connectivity index (χ3n) is 6.98. The van der Waals surface area contributed by atoms with Gasteiger partial charge in [0.05, 0.1) is 29.8 Å². The van der Waals surface area contributed by atoms with Crippen LogP contribution in [-0.2, 0) is 48.1 Å². The van der Waals surface area contributed by atoms with Crippen LogP contribution in [0.1, 0.15) is 59.3 Å². The van der Waals surface area contributed by atoms with Gasteiger partial charge in [0.15, 0.2) is 0 Å². The summed E-state index contributed by atoms with van der Waals surface area (Å²) in [6.45, 7) is 1.81. The van der Waals surface area contributed by atoms with Crippen molar-refractivity contribution in [2.75, 3.05) is 24.7 Å². The lowest BCUT2D eigenvalue weighted by atomic mass is 9.86. The van der Waals surface area contributed by atoms with Crippen molar-refractivity contribution in [3.8, 4) is 0 Å². The minimum atomic E-state index is -5.09. The molecule has 0 N–H and O–H groups in total. The first-order valence-corrected chi connectivity index (χ1v) is 13.2. The van der Waals surface area contributed by atoms with E-state index < -0.39 is 60.0 Å². The predicted molar refractivity (Wildman–Crippen MR) is 134 cm³/mol. The Morgan fingerprint density at radius 1 is 0.884 bits per heavy atom. The highest BCUT2D eigenvalue weighted by molar-refractivity contribution is 5.42. The summed E-state index contributed by atoms with van der Waals surface area (Å²) >= 11 is 0. The summed E-state index contributed by atoms with van der Waals surface area (Å²) in [6.07, 6.45) is -14.4. The van der Waals surface area contributed by atoms with Crippen LogP contribution in [0.4, 0.5) is 45.5 Å². The Kier molecular flexibility index (Phi) is 9.59. The molecule has 0 amide bonds. The summed E-state index contributed by atoms with van der Waals surface area (Å²) in [7, 11) is 1.38. The van der Waals surface area contributed by atoms with Gasteiger partial charge in [0.1, 0.15) is 0 Å². The molecule has 16 heteroatoms. The van der Waals surface area contributed by atoms with Crippen LogP contribution < -0.4 is 4.90 Å². The van der Waals surface area contributed by atoms with E-state index in [-0.39, 0.29) is 30.1 Å². The van der Waals surface area contributed by atoms with Crippen molar-refractivity contribution in [2.45, 2.75) is 57.5 Å². The molecule has 2 heterocycles. The first-order valence-electron chi connectivity index (χ1n) is 13.2. The highest BCUT2D eigenvalue weighted by atomic mass is 19.4. The summed E-state index contributed by atoms with van der Waals surface area (Å²) in [4.78, 5) is 2.18. The first-order chi connectivity index (χ1) is 20.1. The molecule has 1 unspecified atom stereocenters. The van der Waals surface area contributed by atoms with E-state index >= 15 is 0 Å². The molecule has 1 atom stereocenters. The van der Waals surface area contributed by atoms with Crippen molar-refractivity contribution in [1.82, 2.24) is 20.2 Å². The maximum atomic E-state index is 13.8. The number of anilines is 1. The topological polar surface area (TPSA) is 65.3 Å². The molecule has 3 aromatic rings. The lowest BCUT2D eigenvalue weighted by molar-refractivity contribution is -0.143. The number of nitrogens with zero attached hydrogens (tertiary/aromatic N) is 5. The highest BCUT2D eigenvalue weighted by Crippen LogP contribution is 2.40. The number of hydrogen-bond donors (Lipinski definition) is 0. The maximum Gasteiger partial charge on any atom is 0.416 e. The monoisotopic (exact) mass is 625 g/mol. The number of tetrazole rings is 1. The third-order valence-corrected chi connectivity index (χ3v) is 6.98. The van der Waals surface area contributed by atoms with Gasteiger partial charge in [-0.05, 0) is 77.9 Å². The van der Waals surface area contributed by atoms with E-state index in [1.54, 1.807) is 6.92 Å². The fraction of sp³-hybridized carbons (Fsp3) is 0.519. The van der Waals surface area contributed by atoms with Gasteiger partial charge in [-0.2, -0.15) is 44.3 Å². The SMILES string of the molecule is CCOC(c1ccc(C(F)(F)F)cc1CN(Cc1cc(C(F)(F)F)cc(C(F)(F)F)c1)c1nnn(C)n1)C1CCOCC1. The number of hydrogen-bond acceptors (Lipinski definition) is 6. The molecule has 1 aromatic heterocycles. The second-order valence-corrected chi connectivity index (χ2v) is 10.1. The molecule has 0 bridgehead atoms. The number of aryl methyl sites for hydroxylation is 1. The van der Waals surface area contributed by atoms with Crippen molar-refractivity contribution in [3.63, 3.8) is 0 Å². The van der Waals surface area contributed by atoms with E-state index in [1.165, 1.54) is 18.0 Å². The molecule has 1 fully saturated rings. The molecule has 0 spiro atoms. The average molecular weight is 626 g/mol. The van der Waals surface area contributed by atoms with Gasteiger partial charge >= 0.3 is 18.5 Å². The minimum absolute atomic E-state index is 0.000107. The molecular weight excluding hydrogens is 597 g/mol. The first kappa shape index (κ1) is 32.5. The minimum Gasteiger partial charge on any atom is -0.381 e. The van der Waals surface area contributed by atoms with Crippen LogP contribution in [-0.4, -0.2) is 40.0 Å². The second-order valence-electron chi connectivity index (χ2n) is 10.1. The van der Waals surface area contributed by atoms with Crippen molar-refractivity contribution >= 4 is 5.95 Å². The molecule has 1 saturated heterocycles. The molecular formula is C27H28F9N5O2. The average Bonchev–Trinajstić information content (AvgIpc) is 3.36. The highest BCUT2D eigenvalue weighted by Gasteiger charge is 2.38. The number of benzene rings is 2. The van der Waals surface area contributed by atoms with Crippen LogP contribution >= 0.6 is 0 Å². The van der Waals surface area contributed by atoms with Gasteiger partial charge in [0.25, 0.3) is 5.95 Å². The quantitative estimate of drug-likeness (QED) is 0.239. The summed E-state index contributed by atoms with van der Waals surface area (Å²) in [5.74, 6) is -0.319. The van der Waals surface area contributed by atoms with Crippen LogP contribution in [0.5, 0.6) is 0 Å². The normalized spacial score (nSPS) is 16.0. The number of alkyl halides is 9. The molecule has 1 aliphatic heterocycles. The number of rotatable bonds is 9. The van der Waals surface area contributed by atoms with Gasteiger partial charge < -0.3 is 14.4 Å². The summed E-state index contributed by atoms with van der Waals surface area (Å²) in [6, 6.07) is 4.21. The Labute approximate surface area is 240 Å². The van der Waals surface area contributed by atoms with Gasteiger partial charge in [-0.15, -0.1) is 5.10 Å². The third kappa shape index (κ3) is 8.16. The van der Waals surface area contributed by atoms with Crippen LogP contribution in [0.3, 0.4) is 0 Å². The Bertz CT molecular complexity index is 1350. The zero-order valence-electron chi connectivity index (χ0n) is 23.0. The number of halogens is 9. The summed E-state index contributed by atoms with van der Waals surface area (Å²) in [5, 5.41) is 11.5. The van der Waals surface area contributed by atoms with Crippen molar-refractivity contribution in [1.29, 1.82) is 0 Å². The fourth-order valence-electron chi connectivity index (χ4n) is 5.01. The van der Waals surface area contributed by atoms with Crippen LogP contribution in [0.2, 0.25) is 0 Å². The van der Waals surface area contributed by atoms with Gasteiger partial charge in [-0.1, -0.05) is 11.2 Å². The van der Waals surface area contributed by atoms with E-state index in [0.29, 0.717) is 43.8 Å². The Balaban J connectivity index is 1.82. The van der Waals surface area contributed by atoms with Gasteiger partial charge in [-0.3, -0.25) is 0 Å². The molecule has 4 rings (SSSR count). The van der Waals surface area contributed by atoms with E-state index in [9.17, 15) is 39.5 Å². The van der Waals surface area contributed by atoms with E-state index in [2.05, 4.69) is 15.4 Å². The molecule has 7 nitrogen and oxygen atoms in total. The van der Waals surface area contributed by atoms with Crippen LogP contribution in [0.25, 0.3) is 0 Å². The second kappa shape index (κ2) is 12.7. The Hall–Kier alpha value is -3.40. The number of ether oxygens (including phenoxy) is 2. The Morgan fingerprint density at radius 2 is 1.49 bits per heavy atom. The zero-order chi connectivity index (χ0) is 31.6. The largest absolute Gasteiger partial charge is 0.416 e. The van der Waals surface area contributed by atoms with Crippen molar-refractivity contribution in [3.05, 3.63) is 69.8 Å². The standard InChI is InChI=1S/C27H28F9N5O2/c1-3-43-23(17-6-8-42-9-7-17)22-5-4-19(25(28,29)30)12-18(22)15-41(24-37-39-40(2)38-24)14-16-10-20(26(31,32)33)13-21(11-16)27(34,35)36/h4-5,10-13,17,23H,3,6-9,14-15H2,1-2H3. The van der Waals surface area contributed by atoms with E-state index in [4.69, 9.17) is 9.47 Å². The molecule has 2 aromatic carbocycles. The predicted octanol–water partition coefficient (Wildman–Crippen LogP) is 6.98. The molecule has 43 heavy (non-hydrogen) atoms. The molecule has 0 saturated carbocycles. The molecule has 0 aliphatic carbocycles. The lowest BCUT2D eigenvalue weighted by Gasteiger charge is -2.33. The lowest BCUT2D eigenvalue weighted by Crippen LogP contribution is -2.28. The molecule has 236 valence electrons. The van der Waals surface area contributed by atoms with Crippen molar-refractivity contribution in [2.24, 2.45) is 13.0 Å². The number of aromatic nitrogens is 4. The smallest absolute Gasteiger partial charge is 0.381 e. The van der Waals surface area contributed by atoms with E-state index in [0.717, 1.165) is 16.9 Å². The molecule has 1 aliphatic rings. The zero-order valence-corrected chi connectivity index (χ0v) is 23.0. The van der Waals surface area contributed by atoms with Gasteiger partial charge in [0.2, 0.25) is 0 Å². The summed E-state index contributed by atoms with van der Waals surface area (Å²) < 4.78 is 134. The maximum absolute atomic E-state index is 13.8.